The van der Waals surface area contributed by atoms with Gasteiger partial charge < -0.3 is 30.8 Å². The van der Waals surface area contributed by atoms with Gasteiger partial charge in [0, 0.05) is 51.9 Å². The average molecular weight is 564 g/mol. The SMILES string of the molecule is NCCNC(=O)COc1ccc(N2CCN(CCn3ncc4c3nc(N)n3nc(-c5ccco5)nc43)CC2)c(F)c1. The van der Waals surface area contributed by atoms with Gasteiger partial charge in [0.1, 0.15) is 11.6 Å². The van der Waals surface area contributed by atoms with E-state index >= 15 is 0 Å². The van der Waals surface area contributed by atoms with Crippen LogP contribution in [0.5, 0.6) is 5.75 Å². The summed E-state index contributed by atoms with van der Waals surface area (Å²) in [6.07, 6.45) is 3.28. The van der Waals surface area contributed by atoms with Crippen LogP contribution in [0.1, 0.15) is 0 Å². The minimum Gasteiger partial charge on any atom is -0.484 e. The summed E-state index contributed by atoms with van der Waals surface area (Å²) in [5.74, 6) is 0.783. The molecule has 4 aromatic heterocycles. The molecule has 6 rings (SSSR count). The molecule has 5 aromatic rings. The molecule has 5 heterocycles. The number of carbonyl (C=O) groups is 1. The van der Waals surface area contributed by atoms with E-state index in [1.807, 2.05) is 9.58 Å². The summed E-state index contributed by atoms with van der Waals surface area (Å²) in [6.45, 7) is 4.71. The number of anilines is 2. The molecular formula is C26H30FN11O3. The number of piperazine rings is 1. The Morgan fingerprint density at radius 3 is 2.73 bits per heavy atom. The van der Waals surface area contributed by atoms with E-state index < -0.39 is 0 Å². The topological polar surface area (TPSA) is 171 Å². The van der Waals surface area contributed by atoms with E-state index in [0.29, 0.717) is 67.0 Å². The second-order valence-electron chi connectivity index (χ2n) is 9.59. The molecular weight excluding hydrogens is 533 g/mol. The van der Waals surface area contributed by atoms with Crippen molar-refractivity contribution in [2.45, 2.75) is 6.54 Å². The number of nitrogen functional groups attached to an aromatic ring is 1. The zero-order valence-electron chi connectivity index (χ0n) is 22.2. The lowest BCUT2D eigenvalue weighted by Gasteiger charge is -2.36. The van der Waals surface area contributed by atoms with Crippen LogP contribution in [0.2, 0.25) is 0 Å². The lowest BCUT2D eigenvalue weighted by Crippen LogP contribution is -2.47. The Hall–Kier alpha value is -4.76. The zero-order valence-corrected chi connectivity index (χ0v) is 22.2. The lowest BCUT2D eigenvalue weighted by molar-refractivity contribution is -0.123. The fraction of sp³-hybridized carbons (Fsp3) is 0.346. The van der Waals surface area contributed by atoms with E-state index in [-0.39, 0.29) is 24.3 Å². The molecule has 1 amide bonds. The number of nitrogens with two attached hydrogens (primary N) is 2. The number of aromatic nitrogens is 6. The third-order valence-electron chi connectivity index (χ3n) is 6.94. The lowest BCUT2D eigenvalue weighted by atomic mass is 10.2. The first-order valence-electron chi connectivity index (χ1n) is 13.3. The number of hydrogen-bond donors (Lipinski definition) is 3. The second-order valence-corrected chi connectivity index (χ2v) is 9.59. The van der Waals surface area contributed by atoms with Gasteiger partial charge in [0.2, 0.25) is 11.8 Å². The van der Waals surface area contributed by atoms with Gasteiger partial charge in [0.25, 0.3) is 5.91 Å². The maximum Gasteiger partial charge on any atom is 0.257 e. The Morgan fingerprint density at radius 2 is 1.98 bits per heavy atom. The van der Waals surface area contributed by atoms with Crippen LogP contribution in [-0.4, -0.2) is 92.6 Å². The molecule has 1 saturated heterocycles. The predicted molar refractivity (Wildman–Crippen MR) is 149 cm³/mol. The predicted octanol–water partition coefficient (Wildman–Crippen LogP) is 0.731. The summed E-state index contributed by atoms with van der Waals surface area (Å²) in [6, 6.07) is 8.22. The monoisotopic (exact) mass is 563 g/mol. The Morgan fingerprint density at radius 1 is 1.12 bits per heavy atom. The van der Waals surface area contributed by atoms with Crippen LogP contribution in [0, 0.1) is 5.82 Å². The molecule has 1 aromatic carbocycles. The molecule has 41 heavy (non-hydrogen) atoms. The number of ether oxygens (including phenoxy) is 1. The molecule has 15 heteroatoms. The standard InChI is InChI=1S/C26H30FN11O3/c27-19-14-17(41-16-22(39)30-6-5-28)3-4-20(19)36-10-7-35(8-11-36)9-12-37-24-18(15-31-37)25-32-23(21-2-1-13-40-21)34-38(25)26(29)33-24/h1-4,13-15H,5-12,16,28H2,(H2,29,33)(H,30,39). The van der Waals surface area contributed by atoms with E-state index in [4.69, 9.17) is 20.6 Å². The van der Waals surface area contributed by atoms with Crippen LogP contribution in [0.3, 0.4) is 0 Å². The van der Waals surface area contributed by atoms with Gasteiger partial charge in [0.05, 0.1) is 30.1 Å². The van der Waals surface area contributed by atoms with Crippen LogP contribution in [0.25, 0.3) is 28.3 Å². The smallest absolute Gasteiger partial charge is 0.257 e. The number of hydrogen-bond acceptors (Lipinski definition) is 11. The van der Waals surface area contributed by atoms with Crippen molar-refractivity contribution < 1.29 is 18.3 Å². The van der Waals surface area contributed by atoms with E-state index in [2.05, 4.69) is 30.4 Å². The molecule has 14 nitrogen and oxygen atoms in total. The number of halogens is 1. The molecule has 0 spiro atoms. The maximum absolute atomic E-state index is 14.9. The summed E-state index contributed by atoms with van der Waals surface area (Å²) in [4.78, 5) is 25.1. The van der Waals surface area contributed by atoms with Gasteiger partial charge in [-0.2, -0.15) is 14.6 Å². The van der Waals surface area contributed by atoms with Crippen molar-refractivity contribution >= 4 is 34.2 Å². The molecule has 1 aliphatic heterocycles. The third kappa shape index (κ3) is 5.49. The molecule has 0 radical (unpaired) electrons. The Bertz CT molecular complexity index is 1660. The van der Waals surface area contributed by atoms with Gasteiger partial charge in [-0.1, -0.05) is 0 Å². The summed E-state index contributed by atoms with van der Waals surface area (Å²) in [5, 5.41) is 12.3. The van der Waals surface area contributed by atoms with Crippen LogP contribution in [0.4, 0.5) is 16.0 Å². The highest BCUT2D eigenvalue weighted by Gasteiger charge is 2.21. The summed E-state index contributed by atoms with van der Waals surface area (Å²) in [5.41, 5.74) is 13.3. The highest BCUT2D eigenvalue weighted by Crippen LogP contribution is 2.26. The number of fused-ring (bicyclic) bond motifs is 3. The van der Waals surface area contributed by atoms with Crippen LogP contribution < -0.4 is 26.4 Å². The van der Waals surface area contributed by atoms with Crippen molar-refractivity contribution in [1.29, 1.82) is 0 Å². The fourth-order valence-electron chi connectivity index (χ4n) is 4.82. The van der Waals surface area contributed by atoms with E-state index in [1.54, 1.807) is 36.7 Å². The minimum atomic E-state index is -0.389. The van der Waals surface area contributed by atoms with Crippen LogP contribution in [0.15, 0.2) is 47.2 Å². The Balaban J connectivity index is 1.05. The molecule has 1 aliphatic rings. The molecule has 1 fully saturated rings. The molecule has 0 atom stereocenters. The second kappa shape index (κ2) is 11.4. The van der Waals surface area contributed by atoms with Crippen LogP contribution in [-0.2, 0) is 11.3 Å². The van der Waals surface area contributed by atoms with Gasteiger partial charge in [0.15, 0.2) is 23.7 Å². The number of nitrogens with zero attached hydrogens (tertiary/aromatic N) is 8. The largest absolute Gasteiger partial charge is 0.484 e. The maximum atomic E-state index is 14.9. The third-order valence-corrected chi connectivity index (χ3v) is 6.94. The normalized spacial score (nSPS) is 14.2. The number of nitrogens with one attached hydrogen (secondary N) is 1. The van der Waals surface area contributed by atoms with E-state index in [9.17, 15) is 9.18 Å². The number of benzene rings is 1. The van der Waals surface area contributed by atoms with Crippen molar-refractivity contribution in [1.82, 2.24) is 39.6 Å². The Labute approximate surface area is 233 Å². The fourth-order valence-corrected chi connectivity index (χ4v) is 4.82. The molecule has 214 valence electrons. The number of amides is 1. The summed E-state index contributed by atoms with van der Waals surface area (Å²) in [7, 11) is 0. The van der Waals surface area contributed by atoms with Crippen molar-refractivity contribution in [3.63, 3.8) is 0 Å². The highest BCUT2D eigenvalue weighted by molar-refractivity contribution is 5.90. The molecule has 0 unspecified atom stereocenters. The van der Waals surface area contributed by atoms with Gasteiger partial charge in [-0.15, -0.1) is 5.10 Å². The summed E-state index contributed by atoms with van der Waals surface area (Å²) >= 11 is 0. The molecule has 0 aliphatic carbocycles. The van der Waals surface area contributed by atoms with Gasteiger partial charge >= 0.3 is 0 Å². The van der Waals surface area contributed by atoms with Gasteiger partial charge in [-0.05, 0) is 24.3 Å². The first-order chi connectivity index (χ1) is 20.0. The zero-order chi connectivity index (χ0) is 28.3. The van der Waals surface area contributed by atoms with Crippen molar-refractivity contribution in [2.75, 3.05) is 63.1 Å². The molecule has 0 saturated carbocycles. The minimum absolute atomic E-state index is 0.193. The molecule has 5 N–H and O–H groups in total. The quantitative estimate of drug-likeness (QED) is 0.219. The number of carbonyl (C=O) groups excluding carboxylic acids is 1. The van der Waals surface area contributed by atoms with Crippen molar-refractivity contribution in [3.8, 4) is 17.3 Å². The van der Waals surface area contributed by atoms with Gasteiger partial charge in [-0.25, -0.2) is 14.1 Å². The number of furan rings is 1. The Kier molecular flexibility index (Phi) is 7.35. The number of rotatable bonds is 10. The summed E-state index contributed by atoms with van der Waals surface area (Å²) < 4.78 is 29.0. The average Bonchev–Trinajstić information content (AvgIpc) is 3.74. The van der Waals surface area contributed by atoms with Crippen molar-refractivity contribution in [3.05, 3.63) is 48.6 Å². The first kappa shape index (κ1) is 26.5. The van der Waals surface area contributed by atoms with Gasteiger partial charge in [-0.3, -0.25) is 9.69 Å². The highest BCUT2D eigenvalue weighted by atomic mass is 19.1. The van der Waals surface area contributed by atoms with Crippen molar-refractivity contribution in [2.24, 2.45) is 5.73 Å². The van der Waals surface area contributed by atoms with Crippen LogP contribution >= 0.6 is 0 Å². The van der Waals surface area contributed by atoms with E-state index in [0.717, 1.165) is 25.0 Å². The molecule has 0 bridgehead atoms. The first-order valence-corrected chi connectivity index (χ1v) is 13.3. The van der Waals surface area contributed by atoms with E-state index in [1.165, 1.54) is 10.6 Å².